The van der Waals surface area contributed by atoms with E-state index in [9.17, 15) is 18.0 Å². The minimum Gasteiger partial charge on any atom is -0.475 e. The number of carboxylic acids is 1. The maximum Gasteiger partial charge on any atom is 0.490 e. The summed E-state index contributed by atoms with van der Waals surface area (Å²) < 4.78 is 37.8. The number of likely N-dealkylation sites (tertiary alicyclic amines) is 1. The summed E-state index contributed by atoms with van der Waals surface area (Å²) in [6, 6.07) is 8.56. The number of amides is 1. The van der Waals surface area contributed by atoms with E-state index in [2.05, 4.69) is 36.1 Å². The molecule has 0 spiro atoms. The van der Waals surface area contributed by atoms with Crippen LogP contribution in [0.25, 0.3) is 0 Å². The maximum atomic E-state index is 12.1. The fourth-order valence-electron chi connectivity index (χ4n) is 3.61. The third-order valence-corrected chi connectivity index (χ3v) is 5.25. The first-order valence-electron chi connectivity index (χ1n) is 9.42. The molecule has 2 saturated heterocycles. The van der Waals surface area contributed by atoms with E-state index in [1.165, 1.54) is 11.1 Å². The van der Waals surface area contributed by atoms with Crippen LogP contribution in [-0.4, -0.2) is 72.4 Å². The van der Waals surface area contributed by atoms with Gasteiger partial charge in [-0.2, -0.15) is 13.2 Å². The number of alkyl halides is 3. The van der Waals surface area contributed by atoms with Gasteiger partial charge in [-0.3, -0.25) is 9.69 Å². The number of likely N-dealkylation sites (N-methyl/N-ethyl adjacent to an activating group) is 1. The Morgan fingerprint density at radius 1 is 1.28 bits per heavy atom. The van der Waals surface area contributed by atoms with Crippen molar-refractivity contribution in [2.24, 2.45) is 5.92 Å². The number of nitrogens with zero attached hydrogens (tertiary/aromatic N) is 2. The molecule has 162 valence electrons. The van der Waals surface area contributed by atoms with Gasteiger partial charge in [0.15, 0.2) is 0 Å². The van der Waals surface area contributed by atoms with E-state index in [0.717, 1.165) is 32.5 Å². The van der Waals surface area contributed by atoms with Gasteiger partial charge in [-0.15, -0.1) is 0 Å². The molecule has 2 fully saturated rings. The Balaban J connectivity index is 0.000000370. The van der Waals surface area contributed by atoms with Crippen molar-refractivity contribution in [1.29, 1.82) is 0 Å². The van der Waals surface area contributed by atoms with Crippen molar-refractivity contribution in [1.82, 2.24) is 9.80 Å². The predicted molar refractivity (Wildman–Crippen MR) is 100 cm³/mol. The molecule has 1 amide bonds. The number of aryl methyl sites for hydroxylation is 1. The molecule has 2 aliphatic rings. The maximum absolute atomic E-state index is 12.1. The summed E-state index contributed by atoms with van der Waals surface area (Å²) in [4.78, 5) is 25.1. The van der Waals surface area contributed by atoms with Crippen molar-refractivity contribution in [3.8, 4) is 0 Å². The average Bonchev–Trinajstić information content (AvgIpc) is 3.06. The zero-order valence-corrected chi connectivity index (χ0v) is 16.8. The van der Waals surface area contributed by atoms with Crippen molar-refractivity contribution in [2.75, 3.05) is 27.2 Å². The number of aliphatic carboxylic acids is 1. The SMILES string of the molecule is Cc1ccccc1CN1CC[C@H]2C[C@@H](C(=O)N(C)C)O[C@@H]2C1.O=C(O)C(F)(F)F. The van der Waals surface area contributed by atoms with E-state index in [1.807, 2.05) is 0 Å². The average molecular weight is 416 g/mol. The number of hydrogen-bond acceptors (Lipinski definition) is 4. The molecule has 0 saturated carbocycles. The van der Waals surface area contributed by atoms with E-state index in [4.69, 9.17) is 14.6 Å². The number of ether oxygens (including phenoxy) is 1. The Bertz CT molecular complexity index is 724. The number of carbonyl (C=O) groups is 2. The summed E-state index contributed by atoms with van der Waals surface area (Å²) in [6.07, 6.45) is -3.08. The standard InChI is InChI=1S/C18H26N2O2.C2HF3O2/c1-13-6-4-5-7-15(13)11-20-9-8-14-10-16(18(21)19(2)3)22-17(14)12-20;3-2(4,5)1(6)7/h4-7,14,16-17H,8-12H2,1-3H3;(H,6,7)/t14-,16-,17+;/m0./s1. The highest BCUT2D eigenvalue weighted by Gasteiger charge is 2.42. The van der Waals surface area contributed by atoms with Crippen LogP contribution in [0.5, 0.6) is 0 Å². The summed E-state index contributed by atoms with van der Waals surface area (Å²) in [7, 11) is 3.61. The molecule has 0 aromatic heterocycles. The molecule has 0 radical (unpaired) electrons. The normalized spacial score (nSPS) is 24.3. The lowest BCUT2D eigenvalue weighted by Crippen LogP contribution is -2.42. The van der Waals surface area contributed by atoms with Crippen molar-refractivity contribution in [3.05, 3.63) is 35.4 Å². The summed E-state index contributed by atoms with van der Waals surface area (Å²) in [5, 5.41) is 7.12. The first kappa shape index (κ1) is 23.2. The minimum absolute atomic E-state index is 0.111. The number of fused-ring (bicyclic) bond motifs is 1. The molecule has 1 aromatic carbocycles. The number of benzene rings is 1. The Morgan fingerprint density at radius 2 is 1.90 bits per heavy atom. The molecule has 29 heavy (non-hydrogen) atoms. The Labute approximate surface area is 168 Å². The smallest absolute Gasteiger partial charge is 0.475 e. The van der Waals surface area contributed by atoms with Crippen LogP contribution in [0.3, 0.4) is 0 Å². The van der Waals surface area contributed by atoms with Crippen LogP contribution < -0.4 is 0 Å². The molecule has 6 nitrogen and oxygen atoms in total. The third kappa shape index (κ3) is 6.43. The second-order valence-electron chi connectivity index (χ2n) is 7.64. The van der Waals surface area contributed by atoms with Crippen LogP contribution >= 0.6 is 0 Å². The second-order valence-corrected chi connectivity index (χ2v) is 7.64. The topological polar surface area (TPSA) is 70.1 Å². The number of carboxylic acid groups (broad SMARTS) is 1. The highest BCUT2D eigenvalue weighted by molar-refractivity contribution is 5.80. The highest BCUT2D eigenvalue weighted by atomic mass is 19.4. The first-order valence-corrected chi connectivity index (χ1v) is 9.42. The zero-order chi connectivity index (χ0) is 21.8. The zero-order valence-electron chi connectivity index (χ0n) is 16.8. The molecule has 3 atom stereocenters. The van der Waals surface area contributed by atoms with Crippen LogP contribution in [0.15, 0.2) is 24.3 Å². The monoisotopic (exact) mass is 416 g/mol. The van der Waals surface area contributed by atoms with Gasteiger partial charge in [-0.05, 0) is 43.4 Å². The molecular weight excluding hydrogens is 389 g/mol. The Morgan fingerprint density at radius 3 is 2.45 bits per heavy atom. The Kier molecular flexibility index (Phi) is 7.65. The lowest BCUT2D eigenvalue weighted by molar-refractivity contribution is -0.192. The van der Waals surface area contributed by atoms with Crippen LogP contribution in [0, 0.1) is 12.8 Å². The van der Waals surface area contributed by atoms with E-state index in [0.29, 0.717) is 5.92 Å². The number of piperidine rings is 1. The van der Waals surface area contributed by atoms with Gasteiger partial charge in [0.05, 0.1) is 6.10 Å². The number of rotatable bonds is 3. The van der Waals surface area contributed by atoms with Gasteiger partial charge in [0.1, 0.15) is 6.10 Å². The summed E-state index contributed by atoms with van der Waals surface area (Å²) in [5.41, 5.74) is 2.73. The largest absolute Gasteiger partial charge is 0.490 e. The number of hydrogen-bond donors (Lipinski definition) is 1. The lowest BCUT2D eigenvalue weighted by atomic mass is 9.91. The Hall–Kier alpha value is -2.13. The molecular formula is C20H27F3N2O4. The van der Waals surface area contributed by atoms with Crippen molar-refractivity contribution >= 4 is 11.9 Å². The molecule has 1 N–H and O–H groups in total. The first-order chi connectivity index (χ1) is 13.5. The lowest BCUT2D eigenvalue weighted by Gasteiger charge is -2.34. The van der Waals surface area contributed by atoms with E-state index in [-0.39, 0.29) is 18.1 Å². The van der Waals surface area contributed by atoms with Crippen molar-refractivity contribution < 1.29 is 32.6 Å². The van der Waals surface area contributed by atoms with E-state index < -0.39 is 12.1 Å². The van der Waals surface area contributed by atoms with Gasteiger partial charge in [0.25, 0.3) is 5.91 Å². The summed E-state index contributed by atoms with van der Waals surface area (Å²) >= 11 is 0. The molecule has 2 heterocycles. The van der Waals surface area contributed by atoms with Gasteiger partial charge in [0.2, 0.25) is 0 Å². The van der Waals surface area contributed by atoms with Crippen LogP contribution in [-0.2, 0) is 20.9 Å². The molecule has 1 aromatic rings. The van der Waals surface area contributed by atoms with Gasteiger partial charge in [-0.25, -0.2) is 4.79 Å². The molecule has 9 heteroatoms. The van der Waals surface area contributed by atoms with Crippen LogP contribution in [0.1, 0.15) is 24.0 Å². The summed E-state index contributed by atoms with van der Waals surface area (Å²) in [5.74, 6) is -2.10. The number of carbonyl (C=O) groups excluding carboxylic acids is 1. The molecule has 0 aliphatic carbocycles. The fourth-order valence-corrected chi connectivity index (χ4v) is 3.61. The van der Waals surface area contributed by atoms with Crippen LogP contribution in [0.4, 0.5) is 13.2 Å². The third-order valence-electron chi connectivity index (χ3n) is 5.25. The minimum atomic E-state index is -5.08. The van der Waals surface area contributed by atoms with Crippen LogP contribution in [0.2, 0.25) is 0 Å². The summed E-state index contributed by atoms with van der Waals surface area (Å²) in [6.45, 7) is 5.18. The molecule has 3 rings (SSSR count). The molecule has 0 bridgehead atoms. The van der Waals surface area contributed by atoms with Gasteiger partial charge < -0.3 is 14.7 Å². The highest BCUT2D eigenvalue weighted by Crippen LogP contribution is 2.34. The predicted octanol–water partition coefficient (Wildman–Crippen LogP) is 2.70. The molecule has 0 unspecified atom stereocenters. The fraction of sp³-hybridized carbons (Fsp3) is 0.600. The van der Waals surface area contributed by atoms with Crippen molar-refractivity contribution in [2.45, 2.75) is 44.7 Å². The molecule has 2 aliphatic heterocycles. The van der Waals surface area contributed by atoms with Gasteiger partial charge >= 0.3 is 12.1 Å². The quantitative estimate of drug-likeness (QED) is 0.821. The van der Waals surface area contributed by atoms with E-state index in [1.54, 1.807) is 19.0 Å². The van der Waals surface area contributed by atoms with Gasteiger partial charge in [0, 0.05) is 27.2 Å². The van der Waals surface area contributed by atoms with Crippen molar-refractivity contribution in [3.63, 3.8) is 0 Å². The van der Waals surface area contributed by atoms with Gasteiger partial charge in [-0.1, -0.05) is 24.3 Å². The second kappa shape index (κ2) is 9.58. The number of halogens is 3. The van der Waals surface area contributed by atoms with E-state index >= 15 is 0 Å².